The minimum Gasteiger partial charge on any atom is -0.348 e. The molecule has 2 aromatic heterocycles. The van der Waals surface area contributed by atoms with E-state index >= 15 is 0 Å². The summed E-state index contributed by atoms with van der Waals surface area (Å²) in [7, 11) is 0. The van der Waals surface area contributed by atoms with E-state index in [1.165, 1.54) is 27.9 Å². The van der Waals surface area contributed by atoms with E-state index in [1.54, 1.807) is 0 Å². The van der Waals surface area contributed by atoms with Crippen molar-refractivity contribution in [1.82, 2.24) is 14.9 Å². The summed E-state index contributed by atoms with van der Waals surface area (Å²) in [6.07, 6.45) is 1.81. The molecule has 0 atom stereocenters. The van der Waals surface area contributed by atoms with Crippen LogP contribution in [0.5, 0.6) is 0 Å². The van der Waals surface area contributed by atoms with Gasteiger partial charge in [-0.05, 0) is 77.9 Å². The fraction of sp³-hybridized carbons (Fsp3) is 0.212. The number of fused-ring (bicyclic) bond motifs is 1. The number of rotatable bonds is 7. The maximum absolute atomic E-state index is 13.0. The number of aromatic nitrogens is 2. The predicted molar refractivity (Wildman–Crippen MR) is 152 cm³/mol. The quantitative estimate of drug-likeness (QED) is 0.260. The predicted octanol–water partition coefficient (Wildman–Crippen LogP) is 7.42. The summed E-state index contributed by atoms with van der Waals surface area (Å²) in [6, 6.07) is 29.3. The molecular weight excluding hydrogens is 454 g/mol. The SMILES string of the molecule is Cc1c(C)n(Cc2ccc(-c3ccccc3)cc2)c2ccc(C(=O)NCc3ccnc(C(C)C)c3)cc12. The van der Waals surface area contributed by atoms with E-state index in [4.69, 9.17) is 0 Å². The lowest BCUT2D eigenvalue weighted by Crippen LogP contribution is -2.22. The molecular formula is C33H33N3O. The number of amides is 1. The Balaban J connectivity index is 1.34. The van der Waals surface area contributed by atoms with Gasteiger partial charge in [0.25, 0.3) is 5.91 Å². The van der Waals surface area contributed by atoms with Gasteiger partial charge in [0, 0.05) is 47.1 Å². The standard InChI is InChI=1S/C33H33N3O/c1-22(2)31-18-26(16-17-34-31)20-35-33(37)29-14-15-32-30(19-29)23(3)24(4)36(32)21-25-10-12-28(13-11-25)27-8-6-5-7-9-27/h5-19,22H,20-21H2,1-4H3,(H,35,37). The fourth-order valence-electron chi connectivity index (χ4n) is 4.82. The molecule has 0 bridgehead atoms. The summed E-state index contributed by atoms with van der Waals surface area (Å²) in [6.45, 7) is 9.81. The van der Waals surface area contributed by atoms with Gasteiger partial charge in [0.1, 0.15) is 0 Å². The van der Waals surface area contributed by atoms with Crippen molar-refractivity contribution in [3.05, 3.63) is 125 Å². The maximum Gasteiger partial charge on any atom is 0.251 e. The van der Waals surface area contributed by atoms with Crippen molar-refractivity contribution >= 4 is 16.8 Å². The van der Waals surface area contributed by atoms with E-state index in [0.29, 0.717) is 18.0 Å². The Labute approximate surface area is 219 Å². The van der Waals surface area contributed by atoms with Crippen LogP contribution in [0.2, 0.25) is 0 Å². The van der Waals surface area contributed by atoms with Crippen molar-refractivity contribution in [2.75, 3.05) is 0 Å². The van der Waals surface area contributed by atoms with Crippen molar-refractivity contribution in [1.29, 1.82) is 0 Å². The van der Waals surface area contributed by atoms with E-state index < -0.39 is 0 Å². The van der Waals surface area contributed by atoms with Gasteiger partial charge in [-0.15, -0.1) is 0 Å². The molecule has 0 aliphatic carbocycles. The summed E-state index contributed by atoms with van der Waals surface area (Å²) in [4.78, 5) is 17.4. The average Bonchev–Trinajstić information content (AvgIpc) is 3.17. The van der Waals surface area contributed by atoms with E-state index in [2.05, 4.69) is 103 Å². The zero-order chi connectivity index (χ0) is 25.9. The highest BCUT2D eigenvalue weighted by molar-refractivity contribution is 5.99. The second-order valence-electron chi connectivity index (χ2n) is 10.0. The molecule has 4 nitrogen and oxygen atoms in total. The number of nitrogens with zero attached hydrogens (tertiary/aromatic N) is 2. The summed E-state index contributed by atoms with van der Waals surface area (Å²) in [5, 5.41) is 4.19. The highest BCUT2D eigenvalue weighted by Crippen LogP contribution is 2.28. The van der Waals surface area contributed by atoms with Gasteiger partial charge in [0.2, 0.25) is 0 Å². The molecule has 0 saturated heterocycles. The minimum atomic E-state index is -0.0638. The number of hydrogen-bond acceptors (Lipinski definition) is 2. The molecule has 37 heavy (non-hydrogen) atoms. The highest BCUT2D eigenvalue weighted by Gasteiger charge is 2.15. The summed E-state index contributed by atoms with van der Waals surface area (Å²) >= 11 is 0. The summed E-state index contributed by atoms with van der Waals surface area (Å²) in [5.41, 5.74) is 10.0. The third-order valence-corrected chi connectivity index (χ3v) is 7.19. The van der Waals surface area contributed by atoms with Crippen molar-refractivity contribution in [3.8, 4) is 11.1 Å². The average molecular weight is 488 g/mol. The second kappa shape index (κ2) is 10.4. The van der Waals surface area contributed by atoms with Crippen molar-refractivity contribution in [2.24, 2.45) is 0 Å². The van der Waals surface area contributed by atoms with Crippen LogP contribution in [0.3, 0.4) is 0 Å². The molecule has 4 heteroatoms. The van der Waals surface area contributed by atoms with Gasteiger partial charge < -0.3 is 9.88 Å². The third-order valence-electron chi connectivity index (χ3n) is 7.19. The molecule has 0 fully saturated rings. The molecule has 5 aromatic rings. The van der Waals surface area contributed by atoms with Crippen LogP contribution in [-0.4, -0.2) is 15.5 Å². The number of nitrogens with one attached hydrogen (secondary N) is 1. The van der Waals surface area contributed by atoms with Gasteiger partial charge in [-0.3, -0.25) is 9.78 Å². The fourth-order valence-corrected chi connectivity index (χ4v) is 4.82. The van der Waals surface area contributed by atoms with E-state index in [1.807, 2.05) is 30.5 Å². The number of pyridine rings is 1. The van der Waals surface area contributed by atoms with E-state index in [9.17, 15) is 4.79 Å². The van der Waals surface area contributed by atoms with Crippen LogP contribution >= 0.6 is 0 Å². The van der Waals surface area contributed by atoms with Crippen LogP contribution in [0.15, 0.2) is 91.1 Å². The van der Waals surface area contributed by atoms with Crippen LogP contribution in [0, 0.1) is 13.8 Å². The lowest BCUT2D eigenvalue weighted by Gasteiger charge is -2.11. The molecule has 5 rings (SSSR count). The number of hydrogen-bond donors (Lipinski definition) is 1. The molecule has 0 radical (unpaired) electrons. The minimum absolute atomic E-state index is 0.0638. The Morgan fingerprint density at radius 1 is 0.865 bits per heavy atom. The summed E-state index contributed by atoms with van der Waals surface area (Å²) in [5.74, 6) is 0.293. The molecule has 0 aliphatic rings. The zero-order valence-electron chi connectivity index (χ0n) is 22.0. The Morgan fingerprint density at radius 2 is 1.59 bits per heavy atom. The normalized spacial score (nSPS) is 11.3. The Morgan fingerprint density at radius 3 is 2.32 bits per heavy atom. The molecule has 0 aliphatic heterocycles. The van der Waals surface area contributed by atoms with Crippen LogP contribution in [0.1, 0.15) is 58.2 Å². The maximum atomic E-state index is 13.0. The van der Waals surface area contributed by atoms with Crippen LogP contribution in [0.4, 0.5) is 0 Å². The summed E-state index contributed by atoms with van der Waals surface area (Å²) < 4.78 is 2.34. The largest absolute Gasteiger partial charge is 0.348 e. The topological polar surface area (TPSA) is 46.9 Å². The van der Waals surface area contributed by atoms with Gasteiger partial charge in [0.15, 0.2) is 0 Å². The van der Waals surface area contributed by atoms with Crippen LogP contribution < -0.4 is 5.32 Å². The smallest absolute Gasteiger partial charge is 0.251 e. The second-order valence-corrected chi connectivity index (χ2v) is 10.0. The first kappa shape index (κ1) is 24.5. The molecule has 2 heterocycles. The first-order valence-corrected chi connectivity index (χ1v) is 12.9. The molecule has 3 aromatic carbocycles. The van der Waals surface area contributed by atoms with E-state index in [-0.39, 0.29) is 5.91 Å². The van der Waals surface area contributed by atoms with Crippen LogP contribution in [-0.2, 0) is 13.1 Å². The molecule has 0 unspecified atom stereocenters. The van der Waals surface area contributed by atoms with Crippen molar-refractivity contribution in [3.63, 3.8) is 0 Å². The monoisotopic (exact) mass is 487 g/mol. The number of benzene rings is 3. The Bertz CT molecular complexity index is 1550. The first-order chi connectivity index (χ1) is 17.9. The molecule has 186 valence electrons. The number of aryl methyl sites for hydroxylation is 1. The lowest BCUT2D eigenvalue weighted by molar-refractivity contribution is 0.0951. The van der Waals surface area contributed by atoms with E-state index in [0.717, 1.165) is 28.7 Å². The lowest BCUT2D eigenvalue weighted by atomic mass is 10.0. The number of carbonyl (C=O) groups excluding carboxylic acids is 1. The van der Waals surface area contributed by atoms with Gasteiger partial charge in [0.05, 0.1) is 0 Å². The van der Waals surface area contributed by atoms with Crippen molar-refractivity contribution < 1.29 is 4.79 Å². The molecule has 1 N–H and O–H groups in total. The van der Waals surface area contributed by atoms with Gasteiger partial charge in [-0.25, -0.2) is 0 Å². The van der Waals surface area contributed by atoms with Gasteiger partial charge in [-0.2, -0.15) is 0 Å². The molecule has 0 saturated carbocycles. The first-order valence-electron chi connectivity index (χ1n) is 12.9. The third kappa shape index (κ3) is 5.19. The Hall–Kier alpha value is -4.18. The molecule has 1 amide bonds. The number of carbonyl (C=O) groups is 1. The van der Waals surface area contributed by atoms with Gasteiger partial charge in [-0.1, -0.05) is 68.4 Å². The van der Waals surface area contributed by atoms with Crippen molar-refractivity contribution in [2.45, 2.75) is 46.7 Å². The van der Waals surface area contributed by atoms with Gasteiger partial charge >= 0.3 is 0 Å². The molecule has 0 spiro atoms. The Kier molecular flexibility index (Phi) is 6.91. The zero-order valence-corrected chi connectivity index (χ0v) is 22.0. The highest BCUT2D eigenvalue weighted by atomic mass is 16.1. The van der Waals surface area contributed by atoms with Crippen LogP contribution in [0.25, 0.3) is 22.0 Å².